The van der Waals surface area contributed by atoms with Crippen LogP contribution in [0.25, 0.3) is 0 Å². The van der Waals surface area contributed by atoms with Gasteiger partial charge in [-0.1, -0.05) is 32.4 Å². The molecular weight excluding hydrogens is 262 g/mol. The molecule has 0 spiro atoms. The highest BCUT2D eigenvalue weighted by atomic mass is 16.5. The summed E-state index contributed by atoms with van der Waals surface area (Å²) in [5.41, 5.74) is 1.11. The topological polar surface area (TPSA) is 38.3 Å². The van der Waals surface area contributed by atoms with Crippen LogP contribution in [0.15, 0.2) is 24.3 Å². The van der Waals surface area contributed by atoms with E-state index in [1.54, 1.807) is 0 Å². The molecule has 1 fully saturated rings. The lowest BCUT2D eigenvalue weighted by molar-refractivity contribution is -0.121. The average molecular weight is 289 g/mol. The number of benzene rings is 1. The monoisotopic (exact) mass is 289 g/mol. The molecule has 0 bridgehead atoms. The smallest absolute Gasteiger partial charge is 0.220 e. The second-order valence-corrected chi connectivity index (χ2v) is 6.40. The van der Waals surface area contributed by atoms with E-state index >= 15 is 0 Å². The molecule has 1 aromatic carbocycles. The quantitative estimate of drug-likeness (QED) is 0.857. The van der Waals surface area contributed by atoms with Crippen LogP contribution in [-0.2, 0) is 11.3 Å². The summed E-state index contributed by atoms with van der Waals surface area (Å²) in [4.78, 5) is 11.6. The molecule has 3 heteroatoms. The summed E-state index contributed by atoms with van der Waals surface area (Å²) >= 11 is 0. The molecule has 0 aromatic heterocycles. The fraction of sp³-hybridized carbons (Fsp3) is 0.611. The summed E-state index contributed by atoms with van der Waals surface area (Å²) in [5.74, 6) is 1.46. The van der Waals surface area contributed by atoms with E-state index in [9.17, 15) is 4.79 Å². The van der Waals surface area contributed by atoms with Crippen LogP contribution in [0.3, 0.4) is 0 Å². The zero-order valence-electron chi connectivity index (χ0n) is 13.2. The molecule has 21 heavy (non-hydrogen) atoms. The zero-order chi connectivity index (χ0) is 15.1. The van der Waals surface area contributed by atoms with E-state index in [0.29, 0.717) is 25.0 Å². The van der Waals surface area contributed by atoms with Crippen LogP contribution in [-0.4, -0.2) is 12.0 Å². The minimum atomic E-state index is 0.118. The predicted octanol–water partition coefficient (Wildman–Crippen LogP) is 4.06. The van der Waals surface area contributed by atoms with Crippen molar-refractivity contribution in [3.8, 4) is 5.75 Å². The van der Waals surface area contributed by atoms with Crippen molar-refractivity contribution < 1.29 is 9.53 Å². The Kier molecular flexibility index (Phi) is 6.09. The predicted molar refractivity (Wildman–Crippen MR) is 85.2 cm³/mol. The Morgan fingerprint density at radius 3 is 2.48 bits per heavy atom. The van der Waals surface area contributed by atoms with E-state index in [0.717, 1.165) is 11.3 Å². The van der Waals surface area contributed by atoms with Gasteiger partial charge < -0.3 is 10.1 Å². The highest BCUT2D eigenvalue weighted by molar-refractivity contribution is 5.76. The van der Waals surface area contributed by atoms with Gasteiger partial charge in [0.2, 0.25) is 5.91 Å². The maximum Gasteiger partial charge on any atom is 0.220 e. The van der Waals surface area contributed by atoms with Gasteiger partial charge in [-0.3, -0.25) is 4.79 Å². The molecule has 0 saturated heterocycles. The van der Waals surface area contributed by atoms with Gasteiger partial charge in [-0.15, -0.1) is 0 Å². The van der Waals surface area contributed by atoms with Crippen LogP contribution in [0.1, 0.15) is 57.9 Å². The van der Waals surface area contributed by atoms with Gasteiger partial charge >= 0.3 is 0 Å². The van der Waals surface area contributed by atoms with Gasteiger partial charge in [-0.05, 0) is 49.3 Å². The number of nitrogens with one attached hydrogen (secondary N) is 1. The number of hydrogen-bond donors (Lipinski definition) is 1. The lowest BCUT2D eigenvalue weighted by atomic mass is 9.98. The molecule has 2 rings (SSSR count). The maximum atomic E-state index is 11.6. The SMILES string of the molecule is CC(C)CC(=O)NCc1ccc(OC2CCCCC2)cc1. The summed E-state index contributed by atoms with van der Waals surface area (Å²) in [6.07, 6.45) is 7.22. The van der Waals surface area contributed by atoms with Gasteiger partial charge in [0.1, 0.15) is 5.75 Å². The van der Waals surface area contributed by atoms with E-state index in [1.807, 2.05) is 24.3 Å². The normalized spacial score (nSPS) is 16.0. The molecule has 0 radical (unpaired) electrons. The fourth-order valence-corrected chi connectivity index (χ4v) is 2.70. The highest BCUT2D eigenvalue weighted by Gasteiger charge is 2.14. The number of rotatable bonds is 6. The molecule has 1 N–H and O–H groups in total. The van der Waals surface area contributed by atoms with E-state index in [2.05, 4.69) is 19.2 Å². The van der Waals surface area contributed by atoms with Crippen LogP contribution in [0.4, 0.5) is 0 Å². The van der Waals surface area contributed by atoms with Crippen molar-refractivity contribution in [1.82, 2.24) is 5.32 Å². The van der Waals surface area contributed by atoms with Crippen molar-refractivity contribution in [1.29, 1.82) is 0 Å². The molecule has 1 aromatic rings. The first-order valence-corrected chi connectivity index (χ1v) is 8.16. The van der Waals surface area contributed by atoms with Crippen LogP contribution in [0, 0.1) is 5.92 Å². The Labute approximate surface area is 128 Å². The molecule has 3 nitrogen and oxygen atoms in total. The van der Waals surface area contributed by atoms with Crippen LogP contribution in [0.5, 0.6) is 5.75 Å². The molecule has 1 saturated carbocycles. The van der Waals surface area contributed by atoms with Crippen molar-refractivity contribution in [2.45, 2.75) is 65.0 Å². The van der Waals surface area contributed by atoms with Gasteiger partial charge in [0, 0.05) is 13.0 Å². The summed E-state index contributed by atoms with van der Waals surface area (Å²) in [5, 5.41) is 2.95. The largest absolute Gasteiger partial charge is 0.490 e. The minimum Gasteiger partial charge on any atom is -0.490 e. The first kappa shape index (κ1) is 15.9. The second-order valence-electron chi connectivity index (χ2n) is 6.40. The van der Waals surface area contributed by atoms with E-state index < -0.39 is 0 Å². The summed E-state index contributed by atoms with van der Waals surface area (Å²) in [6.45, 7) is 4.70. The lowest BCUT2D eigenvalue weighted by Crippen LogP contribution is -2.23. The molecule has 0 unspecified atom stereocenters. The number of carbonyl (C=O) groups excluding carboxylic acids is 1. The lowest BCUT2D eigenvalue weighted by Gasteiger charge is -2.23. The standard InChI is InChI=1S/C18H27NO2/c1-14(2)12-18(20)19-13-15-8-10-17(11-9-15)21-16-6-4-3-5-7-16/h8-11,14,16H,3-7,12-13H2,1-2H3,(H,19,20). The summed E-state index contributed by atoms with van der Waals surface area (Å²) in [6, 6.07) is 8.10. The molecule has 0 aliphatic heterocycles. The van der Waals surface area contributed by atoms with Crippen LogP contribution >= 0.6 is 0 Å². The zero-order valence-corrected chi connectivity index (χ0v) is 13.2. The summed E-state index contributed by atoms with van der Waals surface area (Å²) in [7, 11) is 0. The summed E-state index contributed by atoms with van der Waals surface area (Å²) < 4.78 is 6.00. The van der Waals surface area contributed by atoms with Crippen molar-refractivity contribution in [3.63, 3.8) is 0 Å². The number of hydrogen-bond acceptors (Lipinski definition) is 2. The number of ether oxygens (including phenoxy) is 1. The fourth-order valence-electron chi connectivity index (χ4n) is 2.70. The molecule has 116 valence electrons. The van der Waals surface area contributed by atoms with Crippen molar-refractivity contribution in [2.75, 3.05) is 0 Å². The maximum absolute atomic E-state index is 11.6. The number of carbonyl (C=O) groups is 1. The van der Waals surface area contributed by atoms with Gasteiger partial charge in [0.05, 0.1) is 6.10 Å². The first-order chi connectivity index (χ1) is 10.1. The van der Waals surface area contributed by atoms with Gasteiger partial charge in [-0.25, -0.2) is 0 Å². The Hall–Kier alpha value is -1.51. The molecular formula is C18H27NO2. The van der Waals surface area contributed by atoms with Crippen molar-refractivity contribution >= 4 is 5.91 Å². The Bertz CT molecular complexity index is 433. The molecule has 1 amide bonds. The average Bonchev–Trinajstić information content (AvgIpc) is 2.47. The third kappa shape index (κ3) is 5.78. The molecule has 0 atom stereocenters. The Morgan fingerprint density at radius 1 is 1.19 bits per heavy atom. The first-order valence-electron chi connectivity index (χ1n) is 8.16. The van der Waals surface area contributed by atoms with Crippen LogP contribution < -0.4 is 10.1 Å². The number of amides is 1. The van der Waals surface area contributed by atoms with E-state index in [1.165, 1.54) is 32.1 Å². The highest BCUT2D eigenvalue weighted by Crippen LogP contribution is 2.23. The second kappa shape index (κ2) is 8.06. The van der Waals surface area contributed by atoms with Gasteiger partial charge in [0.15, 0.2) is 0 Å². The Morgan fingerprint density at radius 2 is 1.86 bits per heavy atom. The minimum absolute atomic E-state index is 0.118. The van der Waals surface area contributed by atoms with E-state index in [-0.39, 0.29) is 5.91 Å². The van der Waals surface area contributed by atoms with Crippen molar-refractivity contribution in [2.24, 2.45) is 5.92 Å². The van der Waals surface area contributed by atoms with E-state index in [4.69, 9.17) is 4.74 Å². The molecule has 0 heterocycles. The Balaban J connectivity index is 1.77. The van der Waals surface area contributed by atoms with Crippen molar-refractivity contribution in [3.05, 3.63) is 29.8 Å². The van der Waals surface area contributed by atoms with Gasteiger partial charge in [-0.2, -0.15) is 0 Å². The third-order valence-electron chi connectivity index (χ3n) is 3.86. The van der Waals surface area contributed by atoms with Gasteiger partial charge in [0.25, 0.3) is 0 Å². The molecule has 1 aliphatic rings. The molecule has 1 aliphatic carbocycles. The third-order valence-corrected chi connectivity index (χ3v) is 3.86. The van der Waals surface area contributed by atoms with Crippen LogP contribution in [0.2, 0.25) is 0 Å².